The highest BCUT2D eigenvalue weighted by Gasteiger charge is 2.14. The third-order valence-corrected chi connectivity index (χ3v) is 2.96. The van der Waals surface area contributed by atoms with E-state index in [2.05, 4.69) is 22.1 Å². The van der Waals surface area contributed by atoms with Crippen LogP contribution in [0.3, 0.4) is 0 Å². The molecule has 0 fully saturated rings. The number of aromatic nitrogens is 1. The second kappa shape index (κ2) is 8.72. The lowest BCUT2D eigenvalue weighted by molar-refractivity contribution is 0.257. The van der Waals surface area contributed by atoms with Gasteiger partial charge in [0.05, 0.1) is 14.2 Å². The second-order valence-electron chi connectivity index (χ2n) is 4.37. The van der Waals surface area contributed by atoms with E-state index in [9.17, 15) is 0 Å². The Bertz CT molecular complexity index is 372. The number of nitrogens with zero attached hydrogens (tertiary/aromatic N) is 2. The van der Waals surface area contributed by atoms with Crippen molar-refractivity contribution in [2.45, 2.75) is 19.9 Å². The maximum absolute atomic E-state index is 5.42. The van der Waals surface area contributed by atoms with Crippen LogP contribution in [0, 0.1) is 0 Å². The molecule has 0 spiro atoms. The van der Waals surface area contributed by atoms with E-state index in [4.69, 9.17) is 9.47 Å². The first kappa shape index (κ1) is 15.7. The minimum Gasteiger partial charge on any atom is -0.493 e. The standard InChI is InChI=1S/C14H25N3O2/c1-5-9-17(10-8-15-2)11-12-14(19-4)13(18-3)6-7-16-12/h6-7,15H,5,8-11H2,1-4H3. The zero-order valence-corrected chi connectivity index (χ0v) is 12.4. The monoisotopic (exact) mass is 267 g/mol. The van der Waals surface area contributed by atoms with Gasteiger partial charge in [-0.1, -0.05) is 6.92 Å². The number of hydrogen-bond acceptors (Lipinski definition) is 5. The Hall–Kier alpha value is -1.33. The van der Waals surface area contributed by atoms with Crippen LogP contribution in [0.1, 0.15) is 19.0 Å². The van der Waals surface area contributed by atoms with Gasteiger partial charge in [0, 0.05) is 31.9 Å². The minimum absolute atomic E-state index is 0.732. The molecule has 0 aromatic carbocycles. The van der Waals surface area contributed by atoms with Crippen LogP contribution in [-0.4, -0.2) is 50.8 Å². The summed E-state index contributed by atoms with van der Waals surface area (Å²) >= 11 is 0. The first-order valence-corrected chi connectivity index (χ1v) is 6.69. The van der Waals surface area contributed by atoms with E-state index in [0.29, 0.717) is 0 Å². The highest BCUT2D eigenvalue weighted by molar-refractivity contribution is 5.42. The van der Waals surface area contributed by atoms with E-state index in [1.54, 1.807) is 20.4 Å². The predicted molar refractivity (Wildman–Crippen MR) is 76.8 cm³/mol. The first-order chi connectivity index (χ1) is 9.26. The van der Waals surface area contributed by atoms with Crippen molar-refractivity contribution in [1.82, 2.24) is 15.2 Å². The van der Waals surface area contributed by atoms with E-state index >= 15 is 0 Å². The highest BCUT2D eigenvalue weighted by Crippen LogP contribution is 2.29. The molecule has 0 atom stereocenters. The Morgan fingerprint density at radius 1 is 1.26 bits per heavy atom. The van der Waals surface area contributed by atoms with E-state index in [0.717, 1.165) is 49.8 Å². The maximum atomic E-state index is 5.42. The van der Waals surface area contributed by atoms with Crippen molar-refractivity contribution < 1.29 is 9.47 Å². The molecule has 0 amide bonds. The molecule has 0 saturated heterocycles. The molecule has 0 aliphatic rings. The minimum atomic E-state index is 0.732. The number of rotatable bonds is 9. The zero-order chi connectivity index (χ0) is 14.1. The topological polar surface area (TPSA) is 46.6 Å². The van der Waals surface area contributed by atoms with Crippen molar-refractivity contribution in [3.8, 4) is 11.5 Å². The third kappa shape index (κ3) is 4.69. The molecule has 5 nitrogen and oxygen atoms in total. The van der Waals surface area contributed by atoms with Gasteiger partial charge in [0.1, 0.15) is 5.69 Å². The Morgan fingerprint density at radius 3 is 2.63 bits per heavy atom. The summed E-state index contributed by atoms with van der Waals surface area (Å²) in [5.74, 6) is 1.47. The molecule has 0 saturated carbocycles. The van der Waals surface area contributed by atoms with Crippen molar-refractivity contribution in [3.63, 3.8) is 0 Å². The first-order valence-electron chi connectivity index (χ1n) is 6.69. The Balaban J connectivity index is 2.82. The number of methoxy groups -OCH3 is 2. The molecule has 1 aromatic heterocycles. The quantitative estimate of drug-likeness (QED) is 0.735. The molecule has 0 aliphatic carbocycles. The van der Waals surface area contributed by atoms with Gasteiger partial charge in [-0.05, 0) is 20.0 Å². The molecule has 0 unspecified atom stereocenters. The normalized spacial score (nSPS) is 10.8. The average molecular weight is 267 g/mol. The predicted octanol–water partition coefficient (Wildman–Crippen LogP) is 1.53. The van der Waals surface area contributed by atoms with Crippen molar-refractivity contribution in [3.05, 3.63) is 18.0 Å². The number of nitrogens with one attached hydrogen (secondary N) is 1. The fraction of sp³-hybridized carbons (Fsp3) is 0.643. The summed E-state index contributed by atoms with van der Waals surface area (Å²) in [6.07, 6.45) is 2.88. The summed E-state index contributed by atoms with van der Waals surface area (Å²) in [4.78, 5) is 6.78. The number of ether oxygens (including phenoxy) is 2. The van der Waals surface area contributed by atoms with Gasteiger partial charge < -0.3 is 14.8 Å². The zero-order valence-electron chi connectivity index (χ0n) is 12.4. The molecule has 0 bridgehead atoms. The van der Waals surface area contributed by atoms with Gasteiger partial charge in [-0.2, -0.15) is 0 Å². The fourth-order valence-corrected chi connectivity index (χ4v) is 2.03. The van der Waals surface area contributed by atoms with Crippen molar-refractivity contribution in [2.24, 2.45) is 0 Å². The van der Waals surface area contributed by atoms with Gasteiger partial charge in [0.15, 0.2) is 11.5 Å². The molecule has 19 heavy (non-hydrogen) atoms. The lowest BCUT2D eigenvalue weighted by Gasteiger charge is -2.22. The summed E-state index contributed by atoms with van der Waals surface area (Å²) in [5, 5.41) is 3.18. The SMILES string of the molecule is CCCN(CCNC)Cc1nccc(OC)c1OC. The van der Waals surface area contributed by atoms with E-state index in [1.807, 2.05) is 13.1 Å². The number of pyridine rings is 1. The summed E-state index contributed by atoms with van der Waals surface area (Å²) in [6.45, 7) is 5.96. The molecular weight excluding hydrogens is 242 g/mol. The molecule has 0 radical (unpaired) electrons. The van der Waals surface area contributed by atoms with E-state index in [1.165, 1.54) is 0 Å². The molecule has 1 aromatic rings. The van der Waals surface area contributed by atoms with Crippen LogP contribution < -0.4 is 14.8 Å². The summed E-state index contributed by atoms with van der Waals surface area (Å²) in [6, 6.07) is 1.82. The van der Waals surface area contributed by atoms with Crippen LogP contribution in [0.2, 0.25) is 0 Å². The van der Waals surface area contributed by atoms with Crippen LogP contribution in [0.5, 0.6) is 11.5 Å². The van der Waals surface area contributed by atoms with Crippen molar-refractivity contribution in [2.75, 3.05) is 40.9 Å². The van der Waals surface area contributed by atoms with Crippen molar-refractivity contribution >= 4 is 0 Å². The molecular formula is C14H25N3O2. The number of likely N-dealkylation sites (N-methyl/N-ethyl adjacent to an activating group) is 1. The largest absolute Gasteiger partial charge is 0.493 e. The van der Waals surface area contributed by atoms with Gasteiger partial charge in [-0.25, -0.2) is 0 Å². The maximum Gasteiger partial charge on any atom is 0.183 e. The van der Waals surface area contributed by atoms with E-state index < -0.39 is 0 Å². The fourth-order valence-electron chi connectivity index (χ4n) is 2.03. The van der Waals surface area contributed by atoms with Gasteiger partial charge in [-0.3, -0.25) is 9.88 Å². The van der Waals surface area contributed by atoms with Gasteiger partial charge in [-0.15, -0.1) is 0 Å². The summed E-state index contributed by atoms with van der Waals surface area (Å²) in [7, 11) is 5.27. The Kier molecular flexibility index (Phi) is 7.22. The Labute approximate surface area is 115 Å². The molecule has 0 aliphatic heterocycles. The van der Waals surface area contributed by atoms with Crippen LogP contribution in [0.15, 0.2) is 12.3 Å². The molecule has 5 heteroatoms. The lowest BCUT2D eigenvalue weighted by atomic mass is 10.2. The third-order valence-electron chi connectivity index (χ3n) is 2.96. The lowest BCUT2D eigenvalue weighted by Crippen LogP contribution is -2.31. The molecule has 1 heterocycles. The van der Waals surface area contributed by atoms with Gasteiger partial charge in [0.25, 0.3) is 0 Å². The van der Waals surface area contributed by atoms with Gasteiger partial charge in [0.2, 0.25) is 0 Å². The number of hydrogen-bond donors (Lipinski definition) is 1. The Morgan fingerprint density at radius 2 is 2.05 bits per heavy atom. The van der Waals surface area contributed by atoms with Crippen LogP contribution in [0.4, 0.5) is 0 Å². The summed E-state index contributed by atoms with van der Waals surface area (Å²) in [5.41, 5.74) is 0.923. The smallest absolute Gasteiger partial charge is 0.183 e. The molecule has 1 N–H and O–H groups in total. The van der Waals surface area contributed by atoms with Crippen LogP contribution in [-0.2, 0) is 6.54 Å². The van der Waals surface area contributed by atoms with Crippen molar-refractivity contribution in [1.29, 1.82) is 0 Å². The highest BCUT2D eigenvalue weighted by atomic mass is 16.5. The second-order valence-corrected chi connectivity index (χ2v) is 4.37. The molecule has 108 valence electrons. The van der Waals surface area contributed by atoms with Crippen LogP contribution in [0.25, 0.3) is 0 Å². The van der Waals surface area contributed by atoms with Gasteiger partial charge >= 0.3 is 0 Å². The summed E-state index contributed by atoms with van der Waals surface area (Å²) < 4.78 is 10.7. The average Bonchev–Trinajstić information content (AvgIpc) is 2.44. The van der Waals surface area contributed by atoms with E-state index in [-0.39, 0.29) is 0 Å². The van der Waals surface area contributed by atoms with Crippen LogP contribution >= 0.6 is 0 Å². The molecule has 1 rings (SSSR count).